The molecule has 0 radical (unpaired) electrons. The van der Waals surface area contributed by atoms with Crippen molar-refractivity contribution in [1.29, 1.82) is 5.26 Å². The molecule has 1 N–H and O–H groups in total. The standard InChI is InChI=1S/C22H20N2O3/c1-26-20-10-9-17-11-19(8-7-18(17)12-20)21(27-2)22(25)24-14-16-5-3-15(13-23)4-6-16/h3-12,21H,14H2,1-2H3,(H,24,25)/t21-/m0/s1. The molecule has 0 aromatic heterocycles. The lowest BCUT2D eigenvalue weighted by Crippen LogP contribution is -2.30. The number of fused-ring (bicyclic) bond motifs is 1. The van der Waals surface area contributed by atoms with Crippen LogP contribution in [-0.4, -0.2) is 20.1 Å². The van der Waals surface area contributed by atoms with Gasteiger partial charge in [-0.3, -0.25) is 4.79 Å². The third-order valence-electron chi connectivity index (χ3n) is 4.40. The summed E-state index contributed by atoms with van der Waals surface area (Å²) in [5.74, 6) is 0.577. The Morgan fingerprint density at radius 1 is 1.04 bits per heavy atom. The summed E-state index contributed by atoms with van der Waals surface area (Å²) in [6.07, 6.45) is -0.699. The first-order valence-electron chi connectivity index (χ1n) is 8.52. The average Bonchev–Trinajstić information content (AvgIpc) is 2.72. The molecule has 5 nitrogen and oxygen atoms in total. The molecule has 0 heterocycles. The molecule has 0 unspecified atom stereocenters. The summed E-state index contributed by atoms with van der Waals surface area (Å²) in [7, 11) is 3.15. The van der Waals surface area contributed by atoms with E-state index >= 15 is 0 Å². The molecule has 0 bridgehead atoms. The second-order valence-corrected chi connectivity index (χ2v) is 6.11. The Hall–Kier alpha value is -3.36. The molecule has 27 heavy (non-hydrogen) atoms. The van der Waals surface area contributed by atoms with Gasteiger partial charge in [0.1, 0.15) is 5.75 Å². The molecule has 136 valence electrons. The fourth-order valence-corrected chi connectivity index (χ4v) is 2.91. The van der Waals surface area contributed by atoms with Crippen LogP contribution in [0.5, 0.6) is 5.75 Å². The summed E-state index contributed by atoms with van der Waals surface area (Å²) in [6, 6.07) is 20.8. The third-order valence-corrected chi connectivity index (χ3v) is 4.40. The smallest absolute Gasteiger partial charge is 0.254 e. The predicted molar refractivity (Wildman–Crippen MR) is 103 cm³/mol. The van der Waals surface area contributed by atoms with Gasteiger partial charge in [-0.1, -0.05) is 30.3 Å². The second-order valence-electron chi connectivity index (χ2n) is 6.11. The van der Waals surface area contributed by atoms with Crippen LogP contribution in [0, 0.1) is 11.3 Å². The first kappa shape index (κ1) is 18.4. The SMILES string of the molecule is COc1ccc2cc([C@H](OC)C(=O)NCc3ccc(C#N)cc3)ccc2c1. The number of carbonyl (C=O) groups excluding carboxylic acids is 1. The minimum Gasteiger partial charge on any atom is -0.497 e. The molecular weight excluding hydrogens is 340 g/mol. The molecule has 0 fully saturated rings. The quantitative estimate of drug-likeness (QED) is 0.727. The zero-order valence-electron chi connectivity index (χ0n) is 15.2. The number of hydrogen-bond acceptors (Lipinski definition) is 4. The molecule has 1 amide bonds. The van der Waals surface area contributed by atoms with Gasteiger partial charge in [-0.2, -0.15) is 5.26 Å². The summed E-state index contributed by atoms with van der Waals surface area (Å²) >= 11 is 0. The van der Waals surface area contributed by atoms with E-state index in [4.69, 9.17) is 14.7 Å². The van der Waals surface area contributed by atoms with Crippen LogP contribution in [0.1, 0.15) is 22.8 Å². The van der Waals surface area contributed by atoms with E-state index in [1.165, 1.54) is 7.11 Å². The van der Waals surface area contributed by atoms with E-state index in [1.54, 1.807) is 19.2 Å². The number of carbonyl (C=O) groups is 1. The van der Waals surface area contributed by atoms with E-state index in [0.717, 1.165) is 27.6 Å². The van der Waals surface area contributed by atoms with Crippen LogP contribution in [0.3, 0.4) is 0 Å². The first-order chi connectivity index (χ1) is 13.1. The van der Waals surface area contributed by atoms with Crippen LogP contribution in [0.25, 0.3) is 10.8 Å². The van der Waals surface area contributed by atoms with Crippen LogP contribution >= 0.6 is 0 Å². The number of methoxy groups -OCH3 is 2. The Bertz CT molecular complexity index is 991. The number of rotatable bonds is 6. The van der Waals surface area contributed by atoms with E-state index in [0.29, 0.717) is 12.1 Å². The zero-order chi connectivity index (χ0) is 19.2. The van der Waals surface area contributed by atoms with Gasteiger partial charge in [0.15, 0.2) is 6.10 Å². The Morgan fingerprint density at radius 2 is 1.74 bits per heavy atom. The summed E-state index contributed by atoms with van der Waals surface area (Å²) in [6.45, 7) is 0.370. The largest absolute Gasteiger partial charge is 0.497 e. The Kier molecular flexibility index (Phi) is 5.70. The molecule has 3 aromatic carbocycles. The molecule has 3 aromatic rings. The molecular formula is C22H20N2O3. The maximum Gasteiger partial charge on any atom is 0.254 e. The Labute approximate surface area is 158 Å². The van der Waals surface area contributed by atoms with Gasteiger partial charge in [0, 0.05) is 13.7 Å². The lowest BCUT2D eigenvalue weighted by atomic mass is 10.0. The molecule has 0 spiro atoms. The number of amides is 1. The van der Waals surface area contributed by atoms with Crippen LogP contribution in [0.2, 0.25) is 0 Å². The highest BCUT2D eigenvalue weighted by Gasteiger charge is 2.20. The van der Waals surface area contributed by atoms with Crippen LogP contribution in [-0.2, 0) is 16.1 Å². The molecule has 0 saturated carbocycles. The number of nitrogens with one attached hydrogen (secondary N) is 1. The molecule has 3 rings (SSSR count). The van der Waals surface area contributed by atoms with Crippen molar-refractivity contribution in [3.8, 4) is 11.8 Å². The van der Waals surface area contributed by atoms with Crippen molar-refractivity contribution in [1.82, 2.24) is 5.32 Å². The van der Waals surface area contributed by atoms with Crippen molar-refractivity contribution in [2.24, 2.45) is 0 Å². The second kappa shape index (κ2) is 8.35. The molecule has 0 aliphatic carbocycles. The topological polar surface area (TPSA) is 71.3 Å². The van der Waals surface area contributed by atoms with E-state index in [-0.39, 0.29) is 5.91 Å². The van der Waals surface area contributed by atoms with Crippen LogP contribution < -0.4 is 10.1 Å². The fourth-order valence-electron chi connectivity index (χ4n) is 2.91. The van der Waals surface area contributed by atoms with E-state index < -0.39 is 6.10 Å². The summed E-state index contributed by atoms with van der Waals surface area (Å²) in [4.78, 5) is 12.6. The Balaban J connectivity index is 1.74. The number of nitriles is 1. The monoisotopic (exact) mass is 360 g/mol. The van der Waals surface area contributed by atoms with Crippen LogP contribution in [0.4, 0.5) is 0 Å². The molecule has 1 atom stereocenters. The lowest BCUT2D eigenvalue weighted by Gasteiger charge is -2.16. The highest BCUT2D eigenvalue weighted by atomic mass is 16.5. The van der Waals surface area contributed by atoms with Crippen molar-refractivity contribution in [3.63, 3.8) is 0 Å². The number of hydrogen-bond donors (Lipinski definition) is 1. The average molecular weight is 360 g/mol. The molecule has 0 saturated heterocycles. The maximum absolute atomic E-state index is 12.6. The minimum atomic E-state index is -0.699. The maximum atomic E-state index is 12.6. The fraction of sp³-hybridized carbons (Fsp3) is 0.182. The highest BCUT2D eigenvalue weighted by molar-refractivity contribution is 5.87. The van der Waals surface area contributed by atoms with E-state index in [2.05, 4.69) is 11.4 Å². The number of ether oxygens (including phenoxy) is 2. The van der Waals surface area contributed by atoms with Crippen molar-refractivity contribution in [2.75, 3.05) is 14.2 Å². The molecule has 0 aliphatic rings. The van der Waals surface area contributed by atoms with Gasteiger partial charge in [0.25, 0.3) is 5.91 Å². The van der Waals surface area contributed by atoms with Gasteiger partial charge in [-0.05, 0) is 52.2 Å². The van der Waals surface area contributed by atoms with Gasteiger partial charge in [-0.15, -0.1) is 0 Å². The van der Waals surface area contributed by atoms with Crippen molar-refractivity contribution >= 4 is 16.7 Å². The van der Waals surface area contributed by atoms with Gasteiger partial charge in [-0.25, -0.2) is 0 Å². The third kappa shape index (κ3) is 4.25. The van der Waals surface area contributed by atoms with Crippen molar-refractivity contribution < 1.29 is 14.3 Å². The molecule has 0 aliphatic heterocycles. The summed E-state index contributed by atoms with van der Waals surface area (Å²) in [5.41, 5.74) is 2.29. The Morgan fingerprint density at radius 3 is 2.41 bits per heavy atom. The van der Waals surface area contributed by atoms with E-state index in [1.807, 2.05) is 48.5 Å². The van der Waals surface area contributed by atoms with Gasteiger partial charge in [0.05, 0.1) is 18.7 Å². The number of benzene rings is 3. The van der Waals surface area contributed by atoms with Crippen molar-refractivity contribution in [3.05, 3.63) is 77.4 Å². The van der Waals surface area contributed by atoms with Gasteiger partial charge in [0.2, 0.25) is 0 Å². The van der Waals surface area contributed by atoms with Crippen LogP contribution in [0.15, 0.2) is 60.7 Å². The molecule has 5 heteroatoms. The van der Waals surface area contributed by atoms with Gasteiger partial charge >= 0.3 is 0 Å². The summed E-state index contributed by atoms with van der Waals surface area (Å²) in [5, 5.41) is 13.8. The van der Waals surface area contributed by atoms with Crippen molar-refractivity contribution in [2.45, 2.75) is 12.6 Å². The summed E-state index contributed by atoms with van der Waals surface area (Å²) < 4.78 is 10.7. The zero-order valence-corrected chi connectivity index (χ0v) is 15.2. The number of nitrogens with zero attached hydrogens (tertiary/aromatic N) is 1. The lowest BCUT2D eigenvalue weighted by molar-refractivity contribution is -0.131. The minimum absolute atomic E-state index is 0.213. The normalized spacial score (nSPS) is 11.6. The van der Waals surface area contributed by atoms with Gasteiger partial charge < -0.3 is 14.8 Å². The highest BCUT2D eigenvalue weighted by Crippen LogP contribution is 2.25. The predicted octanol–water partition coefficient (Wildman–Crippen LogP) is 3.72. The van der Waals surface area contributed by atoms with E-state index in [9.17, 15) is 4.79 Å². The first-order valence-corrected chi connectivity index (χ1v) is 8.52.